The zero-order valence-electron chi connectivity index (χ0n) is 13.7. The van der Waals surface area contributed by atoms with E-state index < -0.39 is 0 Å². The first-order valence-corrected chi connectivity index (χ1v) is 8.27. The number of halogens is 1. The second-order valence-electron chi connectivity index (χ2n) is 6.08. The molecule has 0 saturated carbocycles. The van der Waals surface area contributed by atoms with Gasteiger partial charge in [0, 0.05) is 6.54 Å². The average Bonchev–Trinajstić information content (AvgIpc) is 2.56. The Balaban J connectivity index is 0.00000242. The summed E-state index contributed by atoms with van der Waals surface area (Å²) >= 11 is 0. The molecule has 1 aliphatic rings. The van der Waals surface area contributed by atoms with Crippen LogP contribution >= 0.6 is 12.4 Å². The molecule has 1 aromatic carbocycles. The Kier molecular flexibility index (Phi) is 7.91. The van der Waals surface area contributed by atoms with Gasteiger partial charge in [-0.15, -0.1) is 12.4 Å². The molecule has 1 fully saturated rings. The lowest BCUT2D eigenvalue weighted by atomic mass is 9.75. The van der Waals surface area contributed by atoms with Crippen molar-refractivity contribution >= 4 is 18.3 Å². The van der Waals surface area contributed by atoms with Crippen molar-refractivity contribution in [3.05, 3.63) is 35.9 Å². The summed E-state index contributed by atoms with van der Waals surface area (Å²) in [7, 11) is 0. The third-order valence-corrected chi connectivity index (χ3v) is 4.92. The van der Waals surface area contributed by atoms with Crippen molar-refractivity contribution in [1.82, 2.24) is 10.6 Å². The number of carbonyl (C=O) groups is 1. The quantitative estimate of drug-likeness (QED) is 0.843. The van der Waals surface area contributed by atoms with E-state index in [1.54, 1.807) is 0 Å². The fraction of sp³-hybridized carbons (Fsp3) is 0.611. The average molecular weight is 325 g/mol. The molecule has 0 bridgehead atoms. The smallest absolute Gasteiger partial charge is 0.230 e. The zero-order chi connectivity index (χ0) is 15.1. The molecule has 0 radical (unpaired) electrons. The van der Waals surface area contributed by atoms with Gasteiger partial charge < -0.3 is 10.6 Å². The first kappa shape index (κ1) is 19.0. The Morgan fingerprint density at radius 2 is 1.95 bits per heavy atom. The molecule has 1 atom stereocenters. The van der Waals surface area contributed by atoms with Crippen molar-refractivity contribution in [2.75, 3.05) is 19.6 Å². The second kappa shape index (κ2) is 9.16. The van der Waals surface area contributed by atoms with Gasteiger partial charge in [0.25, 0.3) is 0 Å². The normalized spacial score (nSPS) is 18.4. The largest absolute Gasteiger partial charge is 0.355 e. The lowest BCUT2D eigenvalue weighted by Gasteiger charge is -2.32. The van der Waals surface area contributed by atoms with Crippen molar-refractivity contribution < 1.29 is 4.79 Å². The first-order valence-electron chi connectivity index (χ1n) is 8.27. The van der Waals surface area contributed by atoms with Gasteiger partial charge in [-0.2, -0.15) is 0 Å². The third-order valence-electron chi connectivity index (χ3n) is 4.92. The predicted molar refractivity (Wildman–Crippen MR) is 94.6 cm³/mol. The predicted octanol–water partition coefficient (Wildman–Crippen LogP) is 3.28. The van der Waals surface area contributed by atoms with Crippen LogP contribution < -0.4 is 10.6 Å². The van der Waals surface area contributed by atoms with Crippen molar-refractivity contribution in [2.45, 2.75) is 44.9 Å². The van der Waals surface area contributed by atoms with Crippen LogP contribution in [0, 0.1) is 5.92 Å². The molecule has 4 heteroatoms. The molecule has 22 heavy (non-hydrogen) atoms. The van der Waals surface area contributed by atoms with Gasteiger partial charge in [0.2, 0.25) is 5.91 Å². The van der Waals surface area contributed by atoms with Crippen LogP contribution in [0.5, 0.6) is 0 Å². The van der Waals surface area contributed by atoms with Crippen LogP contribution in [0.25, 0.3) is 0 Å². The van der Waals surface area contributed by atoms with Gasteiger partial charge in [0.1, 0.15) is 0 Å². The van der Waals surface area contributed by atoms with E-state index in [-0.39, 0.29) is 23.7 Å². The topological polar surface area (TPSA) is 41.1 Å². The van der Waals surface area contributed by atoms with E-state index in [9.17, 15) is 4.79 Å². The maximum atomic E-state index is 12.8. The van der Waals surface area contributed by atoms with E-state index in [2.05, 4.69) is 36.6 Å². The summed E-state index contributed by atoms with van der Waals surface area (Å²) < 4.78 is 0. The number of benzene rings is 1. The molecule has 1 unspecified atom stereocenters. The third kappa shape index (κ3) is 4.23. The number of hydrogen-bond acceptors (Lipinski definition) is 2. The molecule has 2 rings (SSSR count). The van der Waals surface area contributed by atoms with Crippen LogP contribution in [-0.2, 0) is 10.2 Å². The fourth-order valence-electron chi connectivity index (χ4n) is 3.37. The summed E-state index contributed by atoms with van der Waals surface area (Å²) in [5.74, 6) is 0.758. The van der Waals surface area contributed by atoms with Gasteiger partial charge in [-0.1, -0.05) is 44.2 Å². The molecule has 2 N–H and O–H groups in total. The Bertz CT molecular complexity index is 440. The minimum atomic E-state index is -0.386. The van der Waals surface area contributed by atoms with Gasteiger partial charge in [-0.25, -0.2) is 0 Å². The van der Waals surface area contributed by atoms with E-state index in [4.69, 9.17) is 0 Å². The Labute approximate surface area is 140 Å². The number of nitrogens with one attached hydrogen (secondary N) is 2. The summed E-state index contributed by atoms with van der Waals surface area (Å²) in [4.78, 5) is 12.8. The molecule has 1 aliphatic heterocycles. The SMILES string of the molecule is CCC(CC)(C(=O)NCC1CCCNC1)c1ccccc1.Cl. The van der Waals surface area contributed by atoms with Gasteiger partial charge in [0.05, 0.1) is 5.41 Å². The lowest BCUT2D eigenvalue weighted by molar-refractivity contribution is -0.127. The summed E-state index contributed by atoms with van der Waals surface area (Å²) in [6.45, 7) is 7.15. The van der Waals surface area contributed by atoms with Crippen LogP contribution in [0.4, 0.5) is 0 Å². The molecule has 1 heterocycles. The van der Waals surface area contributed by atoms with Crippen LogP contribution in [-0.4, -0.2) is 25.5 Å². The fourth-order valence-corrected chi connectivity index (χ4v) is 3.37. The van der Waals surface area contributed by atoms with E-state index in [1.807, 2.05) is 18.2 Å². The highest BCUT2D eigenvalue weighted by molar-refractivity contribution is 5.88. The molecule has 0 spiro atoms. The van der Waals surface area contributed by atoms with Crippen molar-refractivity contribution in [3.63, 3.8) is 0 Å². The van der Waals surface area contributed by atoms with E-state index in [0.717, 1.165) is 38.0 Å². The Hall–Kier alpha value is -1.06. The molecule has 1 amide bonds. The van der Waals surface area contributed by atoms with Gasteiger partial charge in [0.15, 0.2) is 0 Å². The molecule has 1 saturated heterocycles. The maximum Gasteiger partial charge on any atom is 0.230 e. The Morgan fingerprint density at radius 3 is 2.50 bits per heavy atom. The van der Waals surface area contributed by atoms with Gasteiger partial charge in [-0.05, 0) is 50.3 Å². The van der Waals surface area contributed by atoms with Crippen LogP contribution in [0.2, 0.25) is 0 Å². The number of carbonyl (C=O) groups excluding carboxylic acids is 1. The zero-order valence-corrected chi connectivity index (χ0v) is 14.5. The summed E-state index contributed by atoms with van der Waals surface area (Å²) in [6.07, 6.45) is 4.10. The van der Waals surface area contributed by atoms with Crippen LogP contribution in [0.3, 0.4) is 0 Å². The molecule has 3 nitrogen and oxygen atoms in total. The maximum absolute atomic E-state index is 12.8. The Morgan fingerprint density at radius 1 is 1.27 bits per heavy atom. The number of piperidine rings is 1. The monoisotopic (exact) mass is 324 g/mol. The van der Waals surface area contributed by atoms with E-state index >= 15 is 0 Å². The summed E-state index contributed by atoms with van der Waals surface area (Å²) in [5.41, 5.74) is 0.748. The minimum absolute atomic E-state index is 0. The molecule has 0 aromatic heterocycles. The van der Waals surface area contributed by atoms with Crippen LogP contribution in [0.15, 0.2) is 30.3 Å². The second-order valence-corrected chi connectivity index (χ2v) is 6.08. The van der Waals surface area contributed by atoms with Gasteiger partial charge in [-0.3, -0.25) is 4.79 Å². The van der Waals surface area contributed by atoms with Crippen LogP contribution in [0.1, 0.15) is 45.1 Å². The lowest BCUT2D eigenvalue weighted by Crippen LogP contribution is -2.47. The number of hydrogen-bond donors (Lipinski definition) is 2. The van der Waals surface area contributed by atoms with Crippen molar-refractivity contribution in [2.24, 2.45) is 5.92 Å². The number of rotatable bonds is 6. The standard InChI is InChI=1S/C18H28N2O.ClH/c1-3-18(4-2,16-10-6-5-7-11-16)17(21)20-14-15-9-8-12-19-13-15;/h5-7,10-11,15,19H,3-4,8-9,12-14H2,1-2H3,(H,20,21);1H. The van der Waals surface area contributed by atoms with E-state index in [0.29, 0.717) is 5.92 Å². The molecule has 1 aromatic rings. The summed E-state index contributed by atoms with van der Waals surface area (Å²) in [6, 6.07) is 10.2. The van der Waals surface area contributed by atoms with Crippen molar-refractivity contribution in [3.8, 4) is 0 Å². The summed E-state index contributed by atoms with van der Waals surface area (Å²) in [5, 5.41) is 6.62. The van der Waals surface area contributed by atoms with E-state index in [1.165, 1.54) is 12.8 Å². The highest BCUT2D eigenvalue weighted by Gasteiger charge is 2.36. The highest BCUT2D eigenvalue weighted by atomic mass is 35.5. The van der Waals surface area contributed by atoms with Gasteiger partial charge >= 0.3 is 0 Å². The molecule has 0 aliphatic carbocycles. The first-order chi connectivity index (χ1) is 10.2. The molecular weight excluding hydrogens is 296 g/mol. The minimum Gasteiger partial charge on any atom is -0.355 e. The molecular formula is C18H29ClN2O. The highest BCUT2D eigenvalue weighted by Crippen LogP contribution is 2.32. The molecule has 124 valence electrons. The van der Waals surface area contributed by atoms with Crippen molar-refractivity contribution in [1.29, 1.82) is 0 Å². The number of amides is 1.